The lowest BCUT2D eigenvalue weighted by molar-refractivity contribution is -0.145. The Kier molecular flexibility index (Phi) is 54.2. The number of aliphatic hydroxyl groups is 4. The van der Waals surface area contributed by atoms with Crippen LogP contribution in [0.3, 0.4) is 0 Å². The van der Waals surface area contributed by atoms with Gasteiger partial charge in [0.1, 0.15) is 102 Å². The van der Waals surface area contributed by atoms with Gasteiger partial charge in [0, 0.05) is 13.0 Å². The minimum atomic E-state index is -1.93. The summed E-state index contributed by atoms with van der Waals surface area (Å²) in [5.74, 6) is -25.5. The first kappa shape index (κ1) is 124. The van der Waals surface area contributed by atoms with E-state index < -0.39 is 307 Å². The molecule has 141 heavy (non-hydrogen) atoms. The Bertz CT molecular complexity index is 4440. The lowest BCUT2D eigenvalue weighted by Gasteiger charge is -2.30. The van der Waals surface area contributed by atoms with E-state index in [9.17, 15) is 136 Å². The second-order valence-corrected chi connectivity index (χ2v) is 36.5. The lowest BCUT2D eigenvalue weighted by atomic mass is 9.96. The summed E-state index contributed by atoms with van der Waals surface area (Å²) < 4.78 is 0. The second kappa shape index (κ2) is 61.6. The van der Waals surface area contributed by atoms with Gasteiger partial charge in [-0.3, -0.25) is 101 Å². The predicted octanol–water partition coefficient (Wildman–Crippen LogP) is -10.3. The highest BCUT2D eigenvalue weighted by molar-refractivity contribution is 6.03. The minimum absolute atomic E-state index is 0.0835. The monoisotopic (exact) mass is 2000 g/mol. The first-order valence-corrected chi connectivity index (χ1v) is 47.0. The number of phenolic OH excluding ortho intramolecular Hbond substituents is 1. The zero-order chi connectivity index (χ0) is 107. The van der Waals surface area contributed by atoms with Crippen molar-refractivity contribution in [2.24, 2.45) is 52.3 Å². The first-order valence-electron chi connectivity index (χ1n) is 47.0. The Balaban J connectivity index is 2.35. The van der Waals surface area contributed by atoms with Gasteiger partial charge in [0.2, 0.25) is 124 Å². The van der Waals surface area contributed by atoms with Gasteiger partial charge in [-0.25, -0.2) is 4.79 Å². The van der Waals surface area contributed by atoms with Gasteiger partial charge in [-0.15, -0.1) is 0 Å². The van der Waals surface area contributed by atoms with Gasteiger partial charge in [0.25, 0.3) is 0 Å². The first-order chi connectivity index (χ1) is 65.8. The van der Waals surface area contributed by atoms with E-state index in [-0.39, 0.29) is 95.0 Å². The van der Waals surface area contributed by atoms with Gasteiger partial charge in [-0.1, -0.05) is 73.9 Å². The molecule has 52 heteroatoms. The molecule has 794 valence electrons. The molecule has 1 aliphatic rings. The SMILES string of the molecule is CC[C@H](C)[C@H](NC(=O)[C@H](C)NC(=O)[C@H](Cc1ccc(O)cc1)NC(=O)[C@H](CC(N)=O)NC(=O)[C@H](CCCCN)NC(=O)[C@H](C)NC(=O)[C@@H](NC(=O)CNC(=O)[C@H](CC(C)C)NC(=O)[C@H](CC(N)=O)NC(=O)[C@@H](NC(=O)[C@H](C)NC(=O)[C@@H](NC(=O)[C@@H]1CCCN1C(=O)CNC(=O)[C@H](C)N)[C@@H](C)O)C(C)C)[C@@H](C)O)C(=O)N[C@@H](CC(C)C)C(=O)N[C@H](C(=O)N[C@@H](CCCCN)C(=O)N[C@H](C(=O)O)[C@@H](C)O)[C@@H](C)O. The average Bonchev–Trinajstić information content (AvgIpc) is 1.73. The Labute approximate surface area is 817 Å². The van der Waals surface area contributed by atoms with Gasteiger partial charge in [-0.2, -0.15) is 0 Å². The fourth-order valence-corrected chi connectivity index (χ4v) is 14.3. The highest BCUT2D eigenvalue weighted by atomic mass is 16.4. The van der Waals surface area contributed by atoms with Crippen LogP contribution in [0.5, 0.6) is 5.75 Å². The molecule has 1 fully saturated rings. The summed E-state index contributed by atoms with van der Waals surface area (Å²) in [5.41, 5.74) is 28.4. The maximum absolute atomic E-state index is 14.5. The Morgan fingerprint density at radius 3 is 1.18 bits per heavy atom. The molecule has 0 aromatic heterocycles. The van der Waals surface area contributed by atoms with Crippen LogP contribution in [0.2, 0.25) is 0 Å². The highest BCUT2D eigenvalue weighted by Gasteiger charge is 2.43. The topological polar surface area (TPSA) is 847 Å². The molecular formula is C89H150N24O28. The van der Waals surface area contributed by atoms with Crippen molar-refractivity contribution in [1.82, 2.24) is 101 Å². The average molecular weight is 2000 g/mol. The standard InChI is InChI=1S/C89H150N24O28/c1-17-43(8)67(85(136)105-57(34-41(4)5)82(133)110-70(50(15)116)88(139)101-55(24-19-21-31-91)78(129)112-71(51(16)117)89(140)141)109-75(126)46(11)97-79(130)58(35-52-26-28-53(118)29-27-52)103-80(131)59(36-62(93)119)104-77(128)54(23-18-20-30-90)100-73(124)45(10)98-86(137)68(48(13)114)107-64(121)38-95-76(127)56(33-40(2)3)102-81(132)60(37-63(94)120)106-84(135)66(42(6)7)108-74(125)47(12)99-87(138)69(49(14)115)111-83(134)61-25-22-32-113(61)65(122)39-96-72(123)44(9)92/h26-29,40-51,54-61,66-71,114-118H,17-25,30-39,90-92H2,1-16H3,(H2,93,119)(H2,94,120)(H,95,127)(H,96,123)(H,97,130)(H,98,137)(H,99,138)(H,100,124)(H,101,139)(H,102,132)(H,103,131)(H,104,128)(H,105,136)(H,106,135)(H,107,121)(H,108,125)(H,109,126)(H,110,133)(H,111,134)(H,112,129)(H,140,141)/t43-,44-,45-,46-,47-,48+,49+,50+,51+,54-,55-,56-,57-,58-,59-,60-,61-,66-,67-,68-,69-,70-,71-/m0/s1. The number of unbranched alkanes of at least 4 members (excludes halogenated alkanes) is 2. The minimum Gasteiger partial charge on any atom is -0.508 e. The smallest absolute Gasteiger partial charge is 0.328 e. The molecule has 0 unspecified atom stereocenters. The number of carboxylic acid groups (broad SMARTS) is 1. The third kappa shape index (κ3) is 43.8. The number of rotatable bonds is 63. The summed E-state index contributed by atoms with van der Waals surface area (Å²) in [5, 5.41) is 105. The van der Waals surface area contributed by atoms with E-state index in [0.717, 1.165) is 27.7 Å². The second-order valence-electron chi connectivity index (χ2n) is 36.5. The van der Waals surface area contributed by atoms with E-state index in [1.54, 1.807) is 41.5 Å². The van der Waals surface area contributed by atoms with E-state index in [1.165, 1.54) is 70.7 Å². The number of likely N-dealkylation sites (tertiary alicyclic amines) is 1. The Morgan fingerprint density at radius 2 is 0.730 bits per heavy atom. The van der Waals surface area contributed by atoms with Crippen LogP contribution in [0.4, 0.5) is 0 Å². The number of carbonyl (C=O) groups is 22. The molecule has 0 aliphatic carbocycles. The molecule has 1 aromatic rings. The van der Waals surface area contributed by atoms with E-state index in [2.05, 4.69) is 95.7 Å². The van der Waals surface area contributed by atoms with E-state index in [0.29, 0.717) is 18.4 Å². The van der Waals surface area contributed by atoms with Gasteiger partial charge >= 0.3 is 5.97 Å². The van der Waals surface area contributed by atoms with Crippen molar-refractivity contribution in [2.45, 2.75) is 334 Å². The van der Waals surface area contributed by atoms with Gasteiger partial charge in [-0.05, 0) is 174 Å². The molecule has 0 saturated carbocycles. The van der Waals surface area contributed by atoms with Crippen LogP contribution >= 0.6 is 0 Å². The fraction of sp³-hybridized carbons (Fsp3) is 0.685. The number of benzene rings is 1. The van der Waals surface area contributed by atoms with Crippen molar-refractivity contribution < 1.29 is 136 Å². The summed E-state index contributed by atoms with van der Waals surface area (Å²) in [7, 11) is 0. The molecule has 0 bridgehead atoms. The molecule has 23 atom stereocenters. The zero-order valence-electron chi connectivity index (χ0n) is 82.8. The number of primary amides is 2. The van der Waals surface area contributed by atoms with Crippen molar-refractivity contribution in [1.29, 1.82) is 0 Å². The number of aliphatic hydroxyl groups excluding tert-OH is 4. The molecular weight excluding hydrogens is 1850 g/mol. The van der Waals surface area contributed by atoms with E-state index in [4.69, 9.17) is 28.7 Å². The molecule has 21 amide bonds. The van der Waals surface area contributed by atoms with Crippen LogP contribution < -0.4 is 124 Å². The van der Waals surface area contributed by atoms with Crippen LogP contribution in [0.15, 0.2) is 24.3 Å². The molecule has 1 saturated heterocycles. The quantitative estimate of drug-likeness (QED) is 0.0269. The van der Waals surface area contributed by atoms with Crippen LogP contribution in [0.1, 0.15) is 200 Å². The number of nitrogens with two attached hydrogens (primary N) is 5. The molecule has 0 spiro atoms. The van der Waals surface area contributed by atoms with Crippen LogP contribution in [0, 0.1) is 23.7 Å². The molecule has 1 heterocycles. The number of hydrogen-bond donors (Lipinski definition) is 29. The van der Waals surface area contributed by atoms with Crippen molar-refractivity contribution in [2.75, 3.05) is 32.7 Å². The number of aliphatic carboxylic acids is 1. The molecule has 1 aromatic carbocycles. The van der Waals surface area contributed by atoms with Gasteiger partial charge in [0.05, 0.1) is 56.4 Å². The highest BCUT2D eigenvalue weighted by Crippen LogP contribution is 2.21. The normalized spacial score (nSPS) is 17.1. The van der Waals surface area contributed by atoms with E-state index >= 15 is 0 Å². The summed E-state index contributed by atoms with van der Waals surface area (Å²) in [6, 6.07) is -23.0. The maximum atomic E-state index is 14.5. The van der Waals surface area contributed by atoms with Gasteiger partial charge in [0.15, 0.2) is 6.04 Å². The molecule has 0 radical (unpaired) electrons. The maximum Gasteiger partial charge on any atom is 0.328 e. The third-order valence-electron chi connectivity index (χ3n) is 22.6. The van der Waals surface area contributed by atoms with E-state index in [1.807, 2.05) is 0 Å². The van der Waals surface area contributed by atoms with Crippen molar-refractivity contribution in [3.8, 4) is 5.75 Å². The number of phenols is 1. The summed E-state index contributed by atoms with van der Waals surface area (Å²) in [6.07, 6.45) is -7.49. The number of amides is 21. The van der Waals surface area contributed by atoms with Crippen LogP contribution in [-0.4, -0.2) is 331 Å². The molecule has 1 aliphatic heterocycles. The van der Waals surface area contributed by atoms with Gasteiger partial charge < -0.3 is 160 Å². The Hall–Kier alpha value is -12.9. The third-order valence-corrected chi connectivity index (χ3v) is 22.6. The summed E-state index contributed by atoms with van der Waals surface area (Å²) >= 11 is 0. The number of hydrogen-bond acceptors (Lipinski definition) is 30. The zero-order valence-corrected chi connectivity index (χ0v) is 82.8. The number of aromatic hydroxyl groups is 1. The van der Waals surface area contributed by atoms with Crippen LogP contribution in [-0.2, 0) is 112 Å². The predicted molar refractivity (Wildman–Crippen MR) is 505 cm³/mol. The van der Waals surface area contributed by atoms with Crippen molar-refractivity contribution in [3.05, 3.63) is 29.8 Å². The molecule has 2 rings (SSSR count). The van der Waals surface area contributed by atoms with Crippen molar-refractivity contribution >= 4 is 130 Å². The number of carbonyl (C=O) groups excluding carboxylic acids is 21. The largest absolute Gasteiger partial charge is 0.508 e. The molecule has 34 N–H and O–H groups in total. The lowest BCUT2D eigenvalue weighted by Crippen LogP contribution is -2.62. The van der Waals surface area contributed by atoms with Crippen LogP contribution in [0.25, 0.3) is 0 Å². The summed E-state index contributed by atoms with van der Waals surface area (Å²) in [4.78, 5) is 301. The summed E-state index contributed by atoms with van der Waals surface area (Å²) in [6.45, 7) is 21.4. The number of carboxylic acids is 1. The number of nitrogens with zero attached hydrogens (tertiary/aromatic N) is 1. The fourth-order valence-electron chi connectivity index (χ4n) is 14.3. The van der Waals surface area contributed by atoms with Crippen molar-refractivity contribution in [3.63, 3.8) is 0 Å². The molecule has 52 nitrogen and oxygen atoms in total. The Morgan fingerprint density at radius 1 is 0.383 bits per heavy atom. The number of nitrogens with one attached hydrogen (secondary N) is 18.